The number of nitrogens with one attached hydrogen (secondary N) is 1. The van der Waals surface area contributed by atoms with E-state index >= 15 is 0 Å². The number of hydrogen-bond donors (Lipinski definition) is 1. The minimum atomic E-state index is -0.418. The maximum Gasteiger partial charge on any atom is 0.254 e. The minimum absolute atomic E-state index is 0.142. The maximum absolute atomic E-state index is 14.0. The molecule has 0 saturated heterocycles. The summed E-state index contributed by atoms with van der Waals surface area (Å²) in [5, 5.41) is 3.78. The second kappa shape index (κ2) is 6.25. The van der Waals surface area contributed by atoms with Gasteiger partial charge in [-0.05, 0) is 37.3 Å². The van der Waals surface area contributed by atoms with Gasteiger partial charge in [-0.15, -0.1) is 0 Å². The third kappa shape index (κ3) is 3.22. The Bertz CT molecular complexity index is 505. The molecule has 2 nitrogen and oxygen atoms in total. The molecule has 0 aliphatic heterocycles. The topological polar surface area (TPSA) is 29.1 Å². The molecule has 1 saturated carbocycles. The molecule has 1 aliphatic carbocycles. The van der Waals surface area contributed by atoms with Gasteiger partial charge in [-0.1, -0.05) is 47.8 Å². The number of halogens is 2. The number of alkyl halides is 1. The largest absolute Gasteiger partial charge is 0.346 e. The van der Waals surface area contributed by atoms with E-state index in [2.05, 4.69) is 28.2 Å². The molecular weight excluding hydrogens is 321 g/mol. The Kier molecular flexibility index (Phi) is 4.84. The molecular formula is C16H21BrFNO. The van der Waals surface area contributed by atoms with Crippen molar-refractivity contribution in [2.45, 2.75) is 45.1 Å². The highest BCUT2D eigenvalue weighted by Crippen LogP contribution is 2.34. The van der Waals surface area contributed by atoms with Crippen molar-refractivity contribution < 1.29 is 9.18 Å². The first-order valence-electron chi connectivity index (χ1n) is 7.11. The first-order valence-corrected chi connectivity index (χ1v) is 8.23. The predicted molar refractivity (Wildman–Crippen MR) is 82.8 cm³/mol. The first-order chi connectivity index (χ1) is 9.47. The summed E-state index contributed by atoms with van der Waals surface area (Å²) in [5.41, 5.74) is 0.399. The lowest BCUT2D eigenvalue weighted by atomic mass is 9.77. The van der Waals surface area contributed by atoms with Crippen molar-refractivity contribution in [2.75, 3.05) is 5.33 Å². The van der Waals surface area contributed by atoms with E-state index in [-0.39, 0.29) is 17.0 Å². The van der Waals surface area contributed by atoms with Crippen LogP contribution in [0.1, 0.15) is 48.5 Å². The second-order valence-corrected chi connectivity index (χ2v) is 6.57. The molecule has 0 spiro atoms. The van der Waals surface area contributed by atoms with Gasteiger partial charge in [0.05, 0.1) is 11.1 Å². The number of carbonyl (C=O) groups excluding carboxylic acids is 1. The highest BCUT2D eigenvalue weighted by Gasteiger charge is 2.36. The van der Waals surface area contributed by atoms with Crippen molar-refractivity contribution >= 4 is 21.8 Å². The fourth-order valence-corrected chi connectivity index (χ4v) is 3.71. The Balaban J connectivity index is 2.19. The van der Waals surface area contributed by atoms with Gasteiger partial charge in [-0.25, -0.2) is 4.39 Å². The molecule has 0 bridgehead atoms. The molecule has 20 heavy (non-hydrogen) atoms. The van der Waals surface area contributed by atoms with E-state index in [1.165, 1.54) is 6.42 Å². The number of carbonyl (C=O) groups is 1. The summed E-state index contributed by atoms with van der Waals surface area (Å²) in [6.07, 6.45) is 4.19. The van der Waals surface area contributed by atoms with E-state index < -0.39 is 5.82 Å². The summed E-state index contributed by atoms with van der Waals surface area (Å²) in [5.74, 6) is -0.137. The smallest absolute Gasteiger partial charge is 0.254 e. The summed E-state index contributed by atoms with van der Waals surface area (Å²) < 4.78 is 14.0. The van der Waals surface area contributed by atoms with Crippen LogP contribution in [0.15, 0.2) is 18.2 Å². The van der Waals surface area contributed by atoms with Crippen LogP contribution >= 0.6 is 15.9 Å². The van der Waals surface area contributed by atoms with Crippen molar-refractivity contribution in [1.29, 1.82) is 0 Å². The monoisotopic (exact) mass is 341 g/mol. The van der Waals surface area contributed by atoms with Crippen molar-refractivity contribution in [2.24, 2.45) is 5.92 Å². The maximum atomic E-state index is 14.0. The Hall–Kier alpha value is -0.900. The molecule has 110 valence electrons. The number of hydrogen-bond acceptors (Lipinski definition) is 1. The summed E-state index contributed by atoms with van der Waals surface area (Å²) in [4.78, 5) is 12.4. The molecule has 2 unspecified atom stereocenters. The Morgan fingerprint density at radius 2 is 2.30 bits per heavy atom. The van der Waals surface area contributed by atoms with Gasteiger partial charge in [-0.3, -0.25) is 4.79 Å². The Morgan fingerprint density at radius 3 is 2.95 bits per heavy atom. The molecule has 0 radical (unpaired) electrons. The van der Waals surface area contributed by atoms with E-state index in [4.69, 9.17) is 0 Å². The minimum Gasteiger partial charge on any atom is -0.346 e. The predicted octanol–water partition coefficient (Wildman–Crippen LogP) is 4.21. The molecule has 2 atom stereocenters. The highest BCUT2D eigenvalue weighted by atomic mass is 79.9. The van der Waals surface area contributed by atoms with Crippen LogP contribution in [0, 0.1) is 18.7 Å². The van der Waals surface area contributed by atoms with E-state index in [0.717, 1.165) is 19.3 Å². The SMILES string of the molecule is Cc1cccc(C(=O)NC2(CBr)CCCC(C)C2)c1F. The molecule has 0 heterocycles. The third-order valence-corrected chi connectivity index (χ3v) is 5.24. The quantitative estimate of drug-likeness (QED) is 0.820. The molecule has 1 N–H and O–H groups in total. The van der Waals surface area contributed by atoms with E-state index in [1.807, 2.05) is 0 Å². The zero-order chi connectivity index (χ0) is 14.8. The second-order valence-electron chi connectivity index (χ2n) is 6.01. The van der Waals surface area contributed by atoms with E-state index in [0.29, 0.717) is 16.8 Å². The molecule has 1 aromatic rings. The zero-order valence-electron chi connectivity index (χ0n) is 12.0. The summed E-state index contributed by atoms with van der Waals surface area (Å²) >= 11 is 3.52. The Morgan fingerprint density at radius 1 is 1.55 bits per heavy atom. The number of aryl methyl sites for hydroxylation is 1. The van der Waals surface area contributed by atoms with Gasteiger partial charge in [0.25, 0.3) is 5.91 Å². The average molecular weight is 342 g/mol. The lowest BCUT2D eigenvalue weighted by molar-refractivity contribution is 0.0865. The lowest BCUT2D eigenvalue weighted by Crippen LogP contribution is -2.52. The van der Waals surface area contributed by atoms with Crippen LogP contribution in [0.2, 0.25) is 0 Å². The standard InChI is InChI=1S/C16H21BrFNO/c1-11-5-4-8-16(9-11,10-17)19-15(20)13-7-3-6-12(2)14(13)18/h3,6-7,11H,4-5,8-10H2,1-2H3,(H,19,20). The molecule has 1 aliphatic rings. The fraction of sp³-hybridized carbons (Fsp3) is 0.562. The van der Waals surface area contributed by atoms with Crippen LogP contribution in [0.4, 0.5) is 4.39 Å². The molecule has 1 amide bonds. The van der Waals surface area contributed by atoms with Crippen molar-refractivity contribution in [3.63, 3.8) is 0 Å². The molecule has 4 heteroatoms. The molecule has 1 fully saturated rings. The fourth-order valence-electron chi connectivity index (χ4n) is 3.06. The van der Waals surface area contributed by atoms with Crippen LogP contribution < -0.4 is 5.32 Å². The van der Waals surface area contributed by atoms with Gasteiger partial charge in [0.15, 0.2) is 0 Å². The molecule has 2 rings (SSSR count). The van der Waals surface area contributed by atoms with Gasteiger partial charge in [-0.2, -0.15) is 0 Å². The van der Waals surface area contributed by atoms with Gasteiger partial charge < -0.3 is 5.32 Å². The van der Waals surface area contributed by atoms with Crippen molar-refractivity contribution in [3.05, 3.63) is 35.1 Å². The average Bonchev–Trinajstić information content (AvgIpc) is 2.41. The van der Waals surface area contributed by atoms with Gasteiger partial charge in [0.2, 0.25) is 0 Å². The van der Waals surface area contributed by atoms with E-state index in [9.17, 15) is 9.18 Å². The number of rotatable bonds is 3. The van der Waals surface area contributed by atoms with Crippen LogP contribution in [0.25, 0.3) is 0 Å². The summed E-state index contributed by atoms with van der Waals surface area (Å²) in [7, 11) is 0. The molecule has 0 aromatic heterocycles. The van der Waals surface area contributed by atoms with E-state index in [1.54, 1.807) is 25.1 Å². The normalized spacial score (nSPS) is 26.3. The highest BCUT2D eigenvalue weighted by molar-refractivity contribution is 9.09. The van der Waals surface area contributed by atoms with Crippen LogP contribution in [-0.4, -0.2) is 16.8 Å². The van der Waals surface area contributed by atoms with Gasteiger partial charge in [0.1, 0.15) is 5.82 Å². The van der Waals surface area contributed by atoms with Crippen molar-refractivity contribution in [3.8, 4) is 0 Å². The third-order valence-electron chi connectivity index (χ3n) is 4.16. The van der Waals surface area contributed by atoms with Crippen LogP contribution in [0.3, 0.4) is 0 Å². The van der Waals surface area contributed by atoms with Crippen LogP contribution in [-0.2, 0) is 0 Å². The first kappa shape index (κ1) is 15.5. The zero-order valence-corrected chi connectivity index (χ0v) is 13.6. The van der Waals surface area contributed by atoms with Crippen molar-refractivity contribution in [1.82, 2.24) is 5.32 Å². The number of benzene rings is 1. The summed E-state index contributed by atoms with van der Waals surface area (Å²) in [6, 6.07) is 4.94. The van der Waals surface area contributed by atoms with Crippen LogP contribution in [0.5, 0.6) is 0 Å². The molecule has 1 aromatic carbocycles. The number of amides is 1. The Labute approximate surface area is 128 Å². The lowest BCUT2D eigenvalue weighted by Gasteiger charge is -2.39. The van der Waals surface area contributed by atoms with Gasteiger partial charge >= 0.3 is 0 Å². The summed E-state index contributed by atoms with van der Waals surface area (Å²) in [6.45, 7) is 3.88. The van der Waals surface area contributed by atoms with Gasteiger partial charge in [0, 0.05) is 5.33 Å².